The Bertz CT molecular complexity index is 726. The average Bonchev–Trinajstić information content (AvgIpc) is 2.66. The van der Waals surface area contributed by atoms with Crippen molar-refractivity contribution in [2.24, 2.45) is 0 Å². The fourth-order valence-electron chi connectivity index (χ4n) is 3.75. The van der Waals surface area contributed by atoms with Crippen LogP contribution in [0.2, 0.25) is 0 Å². The lowest BCUT2D eigenvalue weighted by Crippen LogP contribution is -3.28. The number of benzene rings is 2. The molecule has 1 amide bonds. The van der Waals surface area contributed by atoms with Crippen molar-refractivity contribution in [2.75, 3.05) is 44.2 Å². The molecule has 0 unspecified atom stereocenters. The molecule has 2 heterocycles. The van der Waals surface area contributed by atoms with Crippen molar-refractivity contribution in [3.8, 4) is 0 Å². The number of carbonyl (C=O) groups excluding carboxylic acids is 1. The molecule has 0 saturated carbocycles. The van der Waals surface area contributed by atoms with Crippen LogP contribution in [0.1, 0.15) is 6.92 Å². The molecule has 2 N–H and O–H groups in total. The smallest absolute Gasteiger partial charge is 0.286 e. The molecule has 0 radical (unpaired) electrons. The first-order valence-corrected chi connectivity index (χ1v) is 9.94. The molecule has 2 aromatic rings. The second-order valence-electron chi connectivity index (χ2n) is 6.80. The van der Waals surface area contributed by atoms with Crippen LogP contribution in [0.15, 0.2) is 58.3 Å². The minimum absolute atomic E-state index is 0.204. The summed E-state index contributed by atoms with van der Waals surface area (Å²) in [6, 6.07) is 16.4. The molecule has 1 fully saturated rings. The highest BCUT2D eigenvalue weighted by Crippen LogP contribution is 2.47. The van der Waals surface area contributed by atoms with E-state index in [1.54, 1.807) is 16.7 Å². The molecule has 4 rings (SSSR count). The Morgan fingerprint density at radius 1 is 0.920 bits per heavy atom. The fourth-order valence-corrected chi connectivity index (χ4v) is 4.81. The van der Waals surface area contributed by atoms with Gasteiger partial charge in [0.05, 0.1) is 17.9 Å². The molecular formula is C20H25N3OS+2. The lowest BCUT2D eigenvalue weighted by Gasteiger charge is -2.33. The van der Waals surface area contributed by atoms with Crippen LogP contribution in [0.5, 0.6) is 0 Å². The predicted octanol–water partition coefficient (Wildman–Crippen LogP) is 0.619. The lowest BCUT2D eigenvalue weighted by molar-refractivity contribution is -1.01. The van der Waals surface area contributed by atoms with E-state index in [1.165, 1.54) is 24.5 Å². The van der Waals surface area contributed by atoms with E-state index in [0.717, 1.165) is 34.3 Å². The Kier molecular flexibility index (Phi) is 4.79. The number of anilines is 2. The van der Waals surface area contributed by atoms with Crippen LogP contribution in [-0.2, 0) is 4.79 Å². The second-order valence-corrected chi connectivity index (χ2v) is 7.88. The molecule has 0 aromatic heterocycles. The predicted molar refractivity (Wildman–Crippen MR) is 101 cm³/mol. The number of amides is 1. The number of hydrogen-bond acceptors (Lipinski definition) is 2. The van der Waals surface area contributed by atoms with Crippen LogP contribution < -0.4 is 14.7 Å². The van der Waals surface area contributed by atoms with Crippen LogP contribution >= 0.6 is 11.8 Å². The minimum atomic E-state index is 0.204. The van der Waals surface area contributed by atoms with Gasteiger partial charge in [0.15, 0.2) is 6.54 Å². The number of fused-ring (bicyclic) bond motifs is 2. The van der Waals surface area contributed by atoms with Crippen LogP contribution in [-0.4, -0.2) is 45.2 Å². The zero-order chi connectivity index (χ0) is 17.2. The van der Waals surface area contributed by atoms with Crippen molar-refractivity contribution in [1.29, 1.82) is 0 Å². The van der Waals surface area contributed by atoms with Gasteiger partial charge < -0.3 is 9.80 Å². The molecule has 4 nitrogen and oxygen atoms in total. The van der Waals surface area contributed by atoms with Crippen molar-refractivity contribution in [1.82, 2.24) is 0 Å². The Hall–Kier alpha value is -1.82. The van der Waals surface area contributed by atoms with E-state index in [2.05, 4.69) is 31.2 Å². The zero-order valence-electron chi connectivity index (χ0n) is 14.6. The number of hydrogen-bond donors (Lipinski definition) is 2. The minimum Gasteiger partial charge on any atom is -0.326 e. The van der Waals surface area contributed by atoms with Gasteiger partial charge >= 0.3 is 0 Å². The molecule has 2 aromatic carbocycles. The maximum absolute atomic E-state index is 13.2. The Balaban J connectivity index is 1.58. The first kappa shape index (κ1) is 16.6. The summed E-state index contributed by atoms with van der Waals surface area (Å²) in [5.41, 5.74) is 2.04. The summed E-state index contributed by atoms with van der Waals surface area (Å²) < 4.78 is 0. The topological polar surface area (TPSA) is 29.2 Å². The summed E-state index contributed by atoms with van der Waals surface area (Å²) in [5.74, 6) is 0.204. The molecule has 2 aliphatic rings. The standard InChI is InChI=1S/C20H23N3OS/c1-2-21-11-13-22(14-12-21)15-20(24)23-16-7-3-5-9-18(16)25-19-10-6-4-8-17(19)23/h3-10H,2,11-15H2,1H3/p+2. The van der Waals surface area contributed by atoms with Gasteiger partial charge in [-0.2, -0.15) is 0 Å². The summed E-state index contributed by atoms with van der Waals surface area (Å²) >= 11 is 1.75. The van der Waals surface area contributed by atoms with Gasteiger partial charge in [0.25, 0.3) is 5.91 Å². The summed E-state index contributed by atoms with van der Waals surface area (Å²) in [4.78, 5) is 20.6. The van der Waals surface area contributed by atoms with Crippen molar-refractivity contribution in [3.05, 3.63) is 48.5 Å². The zero-order valence-corrected chi connectivity index (χ0v) is 15.4. The van der Waals surface area contributed by atoms with Crippen molar-refractivity contribution in [2.45, 2.75) is 16.7 Å². The second kappa shape index (κ2) is 7.20. The molecule has 130 valence electrons. The van der Waals surface area contributed by atoms with E-state index in [0.29, 0.717) is 6.54 Å². The summed E-state index contributed by atoms with van der Waals surface area (Å²) in [5, 5.41) is 0. The summed E-state index contributed by atoms with van der Waals surface area (Å²) in [6.07, 6.45) is 0. The van der Waals surface area contributed by atoms with Gasteiger partial charge in [-0.1, -0.05) is 36.0 Å². The molecule has 1 saturated heterocycles. The van der Waals surface area contributed by atoms with Crippen LogP contribution in [0.4, 0.5) is 11.4 Å². The number of nitrogens with zero attached hydrogens (tertiary/aromatic N) is 1. The van der Waals surface area contributed by atoms with Crippen LogP contribution in [0, 0.1) is 0 Å². The first-order chi connectivity index (χ1) is 12.3. The summed E-state index contributed by atoms with van der Waals surface area (Å²) in [7, 11) is 0. The maximum atomic E-state index is 13.2. The van der Waals surface area contributed by atoms with Crippen LogP contribution in [0.25, 0.3) is 0 Å². The van der Waals surface area contributed by atoms with Crippen LogP contribution in [0.3, 0.4) is 0 Å². The van der Waals surface area contributed by atoms with E-state index < -0.39 is 0 Å². The highest BCUT2D eigenvalue weighted by atomic mass is 32.2. The first-order valence-electron chi connectivity index (χ1n) is 9.12. The number of likely N-dealkylation sites (N-methyl/N-ethyl adjacent to an activating group) is 1. The summed E-state index contributed by atoms with van der Waals surface area (Å²) in [6.45, 7) is 8.51. The normalized spacial score (nSPS) is 22.2. The van der Waals surface area contributed by atoms with Gasteiger partial charge in [0, 0.05) is 9.79 Å². The van der Waals surface area contributed by atoms with Crippen molar-refractivity contribution < 1.29 is 14.6 Å². The number of piperazine rings is 1. The van der Waals surface area contributed by atoms with E-state index in [-0.39, 0.29) is 5.91 Å². The number of carbonyl (C=O) groups is 1. The van der Waals surface area contributed by atoms with Crippen molar-refractivity contribution in [3.63, 3.8) is 0 Å². The van der Waals surface area contributed by atoms with Gasteiger partial charge in [-0.3, -0.25) is 9.69 Å². The number of quaternary nitrogens is 2. The highest BCUT2D eigenvalue weighted by molar-refractivity contribution is 7.99. The highest BCUT2D eigenvalue weighted by Gasteiger charge is 2.31. The quantitative estimate of drug-likeness (QED) is 0.845. The van der Waals surface area contributed by atoms with E-state index in [1.807, 2.05) is 29.2 Å². The molecular weight excluding hydrogens is 330 g/mol. The third-order valence-electron chi connectivity index (χ3n) is 5.25. The largest absolute Gasteiger partial charge is 0.326 e. The van der Waals surface area contributed by atoms with Gasteiger partial charge in [-0.05, 0) is 31.2 Å². The molecule has 5 heteroatoms. The molecule has 0 aliphatic carbocycles. The molecule has 25 heavy (non-hydrogen) atoms. The monoisotopic (exact) mass is 355 g/mol. The van der Waals surface area contributed by atoms with E-state index in [9.17, 15) is 4.79 Å². The Morgan fingerprint density at radius 3 is 2.00 bits per heavy atom. The lowest BCUT2D eigenvalue weighted by atomic mass is 10.2. The third-order valence-corrected chi connectivity index (χ3v) is 6.38. The molecule has 0 atom stereocenters. The van der Waals surface area contributed by atoms with Crippen molar-refractivity contribution >= 4 is 29.0 Å². The van der Waals surface area contributed by atoms with E-state index in [4.69, 9.17) is 0 Å². The van der Waals surface area contributed by atoms with E-state index >= 15 is 0 Å². The van der Waals surface area contributed by atoms with Gasteiger partial charge in [-0.15, -0.1) is 0 Å². The number of rotatable bonds is 3. The molecule has 2 aliphatic heterocycles. The number of para-hydroxylation sites is 2. The fraction of sp³-hybridized carbons (Fsp3) is 0.350. The van der Waals surface area contributed by atoms with Gasteiger partial charge in [0.2, 0.25) is 0 Å². The molecule has 0 spiro atoms. The number of nitrogens with one attached hydrogen (secondary N) is 2. The van der Waals surface area contributed by atoms with Gasteiger partial charge in [-0.25, -0.2) is 0 Å². The maximum Gasteiger partial charge on any atom is 0.286 e. The Morgan fingerprint density at radius 2 is 1.44 bits per heavy atom. The molecule has 0 bridgehead atoms. The Labute approximate surface area is 153 Å². The SMILES string of the molecule is CC[NH+]1CC[NH+](CC(=O)N2c3ccccc3Sc3ccccc32)CC1. The average molecular weight is 356 g/mol. The third kappa shape index (κ3) is 3.32. The van der Waals surface area contributed by atoms with Gasteiger partial charge in [0.1, 0.15) is 26.2 Å².